The van der Waals surface area contributed by atoms with Gasteiger partial charge in [0.25, 0.3) is 0 Å². The summed E-state index contributed by atoms with van der Waals surface area (Å²) < 4.78 is 0. The third-order valence-electron chi connectivity index (χ3n) is 6.94. The van der Waals surface area contributed by atoms with Gasteiger partial charge in [-0.25, -0.2) is 0 Å². The first kappa shape index (κ1) is 25.7. The zero-order valence-electron chi connectivity index (χ0n) is 18.8. The molecule has 2 aliphatic carbocycles. The second-order valence-corrected chi connectivity index (χ2v) is 11.0. The van der Waals surface area contributed by atoms with Gasteiger partial charge in [0.1, 0.15) is 0 Å². The fraction of sp³-hybridized carbons (Fsp3) is 0.750. The zero-order chi connectivity index (χ0) is 22.1. The number of fused-ring (bicyclic) bond motifs is 4. The first-order valence-corrected chi connectivity index (χ1v) is 15.1. The fourth-order valence-electron chi connectivity index (χ4n) is 5.30. The van der Waals surface area contributed by atoms with Crippen molar-refractivity contribution in [3.63, 3.8) is 0 Å². The molecule has 1 aromatic heterocycles. The average Bonchev–Trinajstić information content (AvgIpc) is 2.79. The summed E-state index contributed by atoms with van der Waals surface area (Å²) in [5, 5.41) is 15.3. The molecule has 1 aromatic rings. The van der Waals surface area contributed by atoms with Crippen molar-refractivity contribution in [2.45, 2.75) is 95.3 Å². The Labute approximate surface area is 204 Å². The Morgan fingerprint density at radius 3 is 2.19 bits per heavy atom. The van der Waals surface area contributed by atoms with Crippen molar-refractivity contribution >= 4 is 20.2 Å². The van der Waals surface area contributed by atoms with E-state index in [0.717, 1.165) is 18.8 Å². The molecule has 6 atom stereocenters. The molecule has 0 N–H and O–H groups in total. The molecule has 1 aliphatic heterocycles. The van der Waals surface area contributed by atoms with E-state index in [1.54, 1.807) is 0 Å². The normalized spacial score (nSPS) is 34.7. The van der Waals surface area contributed by atoms with Crippen LogP contribution in [0.5, 0.6) is 0 Å². The van der Waals surface area contributed by atoms with E-state index >= 15 is 0 Å². The quantitative estimate of drug-likeness (QED) is 0.261. The third kappa shape index (κ3) is 7.84. The van der Waals surface area contributed by atoms with Crippen LogP contribution < -0.4 is 0 Å². The number of pyridine rings is 1. The van der Waals surface area contributed by atoms with Crippen LogP contribution in [-0.4, -0.2) is 36.2 Å². The number of nitrogens with zero attached hydrogens (tertiary/aromatic N) is 4. The van der Waals surface area contributed by atoms with Crippen LogP contribution in [0.2, 0.25) is 0 Å². The molecular weight excluding hydrogens is 470 g/mol. The Morgan fingerprint density at radius 1 is 0.871 bits per heavy atom. The van der Waals surface area contributed by atoms with E-state index in [0.29, 0.717) is 30.0 Å². The van der Waals surface area contributed by atoms with Crippen LogP contribution in [0.1, 0.15) is 88.6 Å². The molecule has 2 fully saturated rings. The third-order valence-corrected chi connectivity index (χ3v) is 6.94. The van der Waals surface area contributed by atoms with E-state index in [-0.39, 0.29) is 19.2 Å². The summed E-state index contributed by atoms with van der Waals surface area (Å²) in [5.41, 5.74) is 2.30. The van der Waals surface area contributed by atoms with Gasteiger partial charge in [0.05, 0.1) is 0 Å². The van der Waals surface area contributed by atoms with Gasteiger partial charge in [0, 0.05) is 11.4 Å². The number of hydrogen-bond acceptors (Lipinski definition) is 1. The Hall–Kier alpha value is 0.129. The average molecular weight is 506 g/mol. The van der Waals surface area contributed by atoms with E-state index in [1.807, 2.05) is 0 Å². The van der Waals surface area contributed by atoms with Crippen LogP contribution >= 0.6 is 20.2 Å². The van der Waals surface area contributed by atoms with Gasteiger partial charge in [0.15, 0.2) is 0 Å². The molecule has 0 saturated heterocycles. The molecule has 3 aliphatic rings. The van der Waals surface area contributed by atoms with E-state index in [4.69, 9.17) is 41.1 Å². The second kappa shape index (κ2) is 13.7. The molecule has 2 saturated carbocycles. The first-order valence-electron chi connectivity index (χ1n) is 11.8. The van der Waals surface area contributed by atoms with Gasteiger partial charge in [-0.1, -0.05) is 77.3 Å². The van der Waals surface area contributed by atoms with Gasteiger partial charge in [-0.15, -0.1) is 5.92 Å². The summed E-state index contributed by atoms with van der Waals surface area (Å²) in [5.74, 6) is 0.953. The maximum atomic E-state index is 5.18. The Morgan fingerprint density at radius 2 is 1.45 bits per heavy atom. The predicted octanol–water partition coefficient (Wildman–Crippen LogP) is 7.83. The molecule has 2 bridgehead atoms. The summed E-state index contributed by atoms with van der Waals surface area (Å²) in [6.07, 6.45) is 12.6. The van der Waals surface area contributed by atoms with Gasteiger partial charge in [-0.2, -0.15) is 37.1 Å². The molecule has 4 rings (SSSR count). The van der Waals surface area contributed by atoms with Gasteiger partial charge in [-0.3, -0.25) is 4.98 Å². The van der Waals surface area contributed by atoms with Crippen molar-refractivity contribution in [1.82, 2.24) is 4.98 Å². The van der Waals surface area contributed by atoms with Crippen molar-refractivity contribution in [3.8, 4) is 0 Å². The number of rotatable bonds is 0. The Kier molecular flexibility index (Phi) is 11.4. The SMILES string of the molecule is C[C@@H]1[CH-][C@@H]2CCCC[C@H]2[N-]CC[N-][C@@H]2CCCC[C@H]2[N-][C@@H](C)c2cccc1n2.[Cl][Mn][Cl]. The minimum absolute atomic E-state index is 0.00694. The maximum absolute atomic E-state index is 5.18. The van der Waals surface area contributed by atoms with Crippen LogP contribution in [0.15, 0.2) is 18.2 Å². The molecule has 0 amide bonds. The molecule has 0 aromatic carbocycles. The summed E-state index contributed by atoms with van der Waals surface area (Å²) in [7, 11) is 9.59. The monoisotopic (exact) mass is 505 g/mol. The molecule has 7 heteroatoms. The molecular formula is C24H36Cl2MnN4-4. The molecule has 4 nitrogen and oxygen atoms in total. The molecule has 2 heterocycles. The predicted molar refractivity (Wildman–Crippen MR) is 129 cm³/mol. The second-order valence-electron chi connectivity index (χ2n) is 9.09. The van der Waals surface area contributed by atoms with Crippen molar-refractivity contribution in [2.24, 2.45) is 5.92 Å². The van der Waals surface area contributed by atoms with E-state index in [2.05, 4.69) is 38.5 Å². The summed E-state index contributed by atoms with van der Waals surface area (Å²) in [6.45, 7) is 6.25. The zero-order valence-corrected chi connectivity index (χ0v) is 21.5. The molecule has 0 unspecified atom stereocenters. The standard InChI is InChI=1S/C24H36N4.2ClH.Mn/c1-17-16-19-8-3-4-9-22(19)25-14-15-26-23-10-5-6-11-24(23)27-18(2)21-13-7-12-20(17)28-21;;;/h7,12-13,16-19,22-24H,3-6,8-11,14-15H2,1-2H3;2*1H;/q-4;;;+2/p-2/t17-,18+,19+,22-,23-,24-;;;/m1.../s1. The van der Waals surface area contributed by atoms with Gasteiger partial charge < -0.3 is 22.4 Å². The van der Waals surface area contributed by atoms with E-state index in [9.17, 15) is 0 Å². The van der Waals surface area contributed by atoms with Crippen LogP contribution in [-0.2, 0) is 13.1 Å². The Balaban J connectivity index is 0.000000858. The summed E-state index contributed by atoms with van der Waals surface area (Å²) >= 11 is 0.00694. The van der Waals surface area contributed by atoms with Crippen LogP contribution in [0.4, 0.5) is 0 Å². The first-order chi connectivity index (χ1) is 15.1. The molecule has 0 radical (unpaired) electrons. The van der Waals surface area contributed by atoms with E-state index < -0.39 is 0 Å². The summed E-state index contributed by atoms with van der Waals surface area (Å²) in [6, 6.07) is 7.85. The van der Waals surface area contributed by atoms with Crippen molar-refractivity contribution in [1.29, 1.82) is 0 Å². The topological polar surface area (TPSA) is 55.2 Å². The van der Waals surface area contributed by atoms with Crippen molar-refractivity contribution in [2.75, 3.05) is 13.1 Å². The number of aromatic nitrogens is 1. The molecule has 0 spiro atoms. The molecule has 31 heavy (non-hydrogen) atoms. The van der Waals surface area contributed by atoms with Gasteiger partial charge in [0.2, 0.25) is 0 Å². The van der Waals surface area contributed by atoms with Crippen molar-refractivity contribution in [3.05, 3.63) is 52.0 Å². The van der Waals surface area contributed by atoms with Crippen LogP contribution in [0.25, 0.3) is 16.0 Å². The van der Waals surface area contributed by atoms with Gasteiger partial charge >= 0.3 is 33.3 Å². The van der Waals surface area contributed by atoms with E-state index in [1.165, 1.54) is 57.1 Å². The number of halogens is 2. The Bertz CT molecular complexity index is 601. The number of hydrogen-bond donors (Lipinski definition) is 0. The fourth-order valence-corrected chi connectivity index (χ4v) is 5.30. The van der Waals surface area contributed by atoms with Gasteiger partial charge in [-0.05, 0) is 12.1 Å². The molecule has 177 valence electrons. The minimum atomic E-state index is 0.00694. The van der Waals surface area contributed by atoms with Crippen LogP contribution in [0.3, 0.4) is 0 Å². The van der Waals surface area contributed by atoms with Crippen LogP contribution in [0, 0.1) is 12.3 Å². The van der Waals surface area contributed by atoms with Crippen molar-refractivity contribution < 1.29 is 13.1 Å². The summed E-state index contributed by atoms with van der Waals surface area (Å²) in [4.78, 5) is 5.03.